The number of hydrogen-bond acceptors (Lipinski definition) is 8. The highest BCUT2D eigenvalue weighted by molar-refractivity contribution is 8.26. The van der Waals surface area contributed by atoms with Crippen LogP contribution in [0, 0.1) is 18.3 Å². The van der Waals surface area contributed by atoms with Gasteiger partial charge in [-0.15, -0.1) is 0 Å². The van der Waals surface area contributed by atoms with E-state index in [9.17, 15) is 14.9 Å². The third-order valence-electron chi connectivity index (χ3n) is 4.95. The molecule has 0 aliphatic carbocycles. The number of amides is 1. The average Bonchev–Trinajstić information content (AvgIpc) is 2.98. The number of carbonyl (C=O) groups is 1. The lowest BCUT2D eigenvalue weighted by atomic mass is 10.0. The highest BCUT2D eigenvalue weighted by Gasteiger charge is 2.33. The quantitative estimate of drug-likeness (QED) is 0.498. The second-order valence-corrected chi connectivity index (χ2v) is 9.54. The van der Waals surface area contributed by atoms with Crippen LogP contribution in [0.25, 0.3) is 6.08 Å². The van der Waals surface area contributed by atoms with E-state index in [0.29, 0.717) is 27.9 Å². The predicted molar refractivity (Wildman–Crippen MR) is 122 cm³/mol. The molecule has 3 rings (SSSR count). The highest BCUT2D eigenvalue weighted by Crippen LogP contribution is 2.35. The number of carbonyl (C=O) groups excluding carboxylic acids is 1. The van der Waals surface area contributed by atoms with Crippen LogP contribution < -0.4 is 10.5 Å². The van der Waals surface area contributed by atoms with E-state index in [-0.39, 0.29) is 17.0 Å². The van der Waals surface area contributed by atoms with Crippen LogP contribution in [-0.4, -0.2) is 64.6 Å². The topological polar surface area (TPSA) is 78.6 Å². The number of nitriles is 1. The molecular weight excluding hydrogens is 428 g/mol. The summed E-state index contributed by atoms with van der Waals surface area (Å²) in [7, 11) is 3.26. The summed E-state index contributed by atoms with van der Waals surface area (Å²) in [5, 5.41) is 9.53. The van der Waals surface area contributed by atoms with Gasteiger partial charge in [0.15, 0.2) is 0 Å². The van der Waals surface area contributed by atoms with Crippen LogP contribution in [0.5, 0.6) is 0 Å². The first-order valence-corrected chi connectivity index (χ1v) is 11.5. The first-order chi connectivity index (χ1) is 13.9. The van der Waals surface area contributed by atoms with Crippen molar-refractivity contribution < 1.29 is 9.53 Å². The summed E-state index contributed by atoms with van der Waals surface area (Å²) in [5.41, 5.74) is 1.10. The molecule has 7 nitrogen and oxygen atoms in total. The van der Waals surface area contributed by atoms with Crippen LogP contribution in [0.4, 0.5) is 5.82 Å². The molecule has 0 bridgehead atoms. The molecule has 0 spiro atoms. The van der Waals surface area contributed by atoms with Crippen molar-refractivity contribution in [3.05, 3.63) is 31.9 Å². The molecule has 2 aliphatic heterocycles. The van der Waals surface area contributed by atoms with Gasteiger partial charge in [0.1, 0.15) is 21.8 Å². The largest absolute Gasteiger partial charge is 0.383 e. The van der Waals surface area contributed by atoms with Crippen molar-refractivity contribution in [3.63, 3.8) is 0 Å². The van der Waals surface area contributed by atoms with Crippen LogP contribution in [0.3, 0.4) is 0 Å². The fraction of sp³-hybridized carbons (Fsp3) is 0.474. The van der Waals surface area contributed by atoms with Crippen molar-refractivity contribution in [1.82, 2.24) is 9.47 Å². The van der Waals surface area contributed by atoms with Crippen molar-refractivity contribution >= 4 is 57.9 Å². The van der Waals surface area contributed by atoms with Gasteiger partial charge in [0.05, 0.1) is 18.1 Å². The van der Waals surface area contributed by atoms with Crippen molar-refractivity contribution in [2.75, 3.05) is 49.8 Å². The number of aromatic nitrogens is 1. The Bertz CT molecular complexity index is 974. The van der Waals surface area contributed by atoms with E-state index in [1.54, 1.807) is 27.2 Å². The zero-order chi connectivity index (χ0) is 21.1. The minimum atomic E-state index is -0.317. The molecule has 29 heavy (non-hydrogen) atoms. The molecule has 10 heteroatoms. The van der Waals surface area contributed by atoms with Crippen molar-refractivity contribution in [2.24, 2.45) is 7.05 Å². The summed E-state index contributed by atoms with van der Waals surface area (Å²) in [5.74, 6) is 2.50. The molecule has 1 amide bonds. The number of anilines is 1. The van der Waals surface area contributed by atoms with Gasteiger partial charge in [-0.1, -0.05) is 24.0 Å². The molecule has 0 radical (unpaired) electrons. The van der Waals surface area contributed by atoms with E-state index in [4.69, 9.17) is 17.0 Å². The van der Waals surface area contributed by atoms with Crippen LogP contribution in [-0.2, 0) is 16.6 Å². The third-order valence-corrected chi connectivity index (χ3v) is 7.27. The van der Waals surface area contributed by atoms with Gasteiger partial charge in [0.25, 0.3) is 11.5 Å². The van der Waals surface area contributed by atoms with E-state index >= 15 is 0 Å². The van der Waals surface area contributed by atoms with Crippen LogP contribution in [0.15, 0.2) is 9.70 Å². The summed E-state index contributed by atoms with van der Waals surface area (Å²) in [6, 6.07) is 2.03. The van der Waals surface area contributed by atoms with Crippen LogP contribution >= 0.6 is 35.7 Å². The van der Waals surface area contributed by atoms with Gasteiger partial charge in [-0.2, -0.15) is 17.0 Å². The number of nitrogens with zero attached hydrogens (tertiary/aromatic N) is 4. The number of rotatable bonds is 5. The van der Waals surface area contributed by atoms with E-state index in [1.165, 1.54) is 21.2 Å². The fourth-order valence-electron chi connectivity index (χ4n) is 3.38. The lowest BCUT2D eigenvalue weighted by Crippen LogP contribution is -2.38. The molecular formula is C19H22N4O3S3. The van der Waals surface area contributed by atoms with E-state index < -0.39 is 0 Å². The van der Waals surface area contributed by atoms with Crippen LogP contribution in [0.1, 0.15) is 16.7 Å². The Balaban J connectivity index is 2.13. The molecule has 2 aliphatic rings. The molecule has 0 unspecified atom stereocenters. The summed E-state index contributed by atoms with van der Waals surface area (Å²) in [4.78, 5) is 29.8. The Morgan fingerprint density at radius 3 is 2.62 bits per heavy atom. The second-order valence-electron chi connectivity index (χ2n) is 6.64. The Labute approximate surface area is 183 Å². The molecule has 0 N–H and O–H groups in total. The Kier molecular flexibility index (Phi) is 7.05. The van der Waals surface area contributed by atoms with Crippen molar-refractivity contribution in [2.45, 2.75) is 6.92 Å². The van der Waals surface area contributed by atoms with Gasteiger partial charge < -0.3 is 9.64 Å². The predicted octanol–water partition coefficient (Wildman–Crippen LogP) is 1.97. The van der Waals surface area contributed by atoms with Gasteiger partial charge in [0.2, 0.25) is 0 Å². The lowest BCUT2D eigenvalue weighted by Gasteiger charge is -2.32. The van der Waals surface area contributed by atoms with Gasteiger partial charge in [0, 0.05) is 44.3 Å². The lowest BCUT2D eigenvalue weighted by molar-refractivity contribution is -0.122. The van der Waals surface area contributed by atoms with Crippen LogP contribution in [0.2, 0.25) is 0 Å². The summed E-state index contributed by atoms with van der Waals surface area (Å²) in [6.45, 7) is 4.16. The first-order valence-electron chi connectivity index (χ1n) is 9.11. The molecule has 0 atom stereocenters. The number of ether oxygens (including phenoxy) is 1. The molecule has 2 saturated heterocycles. The zero-order valence-corrected chi connectivity index (χ0v) is 19.0. The molecule has 3 heterocycles. The normalized spacial score (nSPS) is 18.6. The molecule has 0 aromatic carbocycles. The maximum absolute atomic E-state index is 12.9. The van der Waals surface area contributed by atoms with Gasteiger partial charge in [-0.3, -0.25) is 19.1 Å². The number of thiocarbonyl (C=S) groups is 1. The summed E-state index contributed by atoms with van der Waals surface area (Å²) >= 11 is 8.47. The monoisotopic (exact) mass is 450 g/mol. The first kappa shape index (κ1) is 21.9. The SMILES string of the molecule is COCCN1C(=O)C(=Cc2c(C)c(C#N)c(=O)n(C)c2N2CCSCC2)SC1=S. The average molecular weight is 451 g/mol. The fourth-order valence-corrected chi connectivity index (χ4v) is 5.57. The Hall–Kier alpha value is -1.80. The standard InChI is InChI=1S/C19H22N4O3S3/c1-12-13(10-15-18(25)23(4-7-26-3)19(27)29-15)16(22-5-8-28-9-6-22)21(2)17(24)14(12)11-20/h10H,4-9H2,1-3H3. The molecule has 1 aromatic rings. The van der Waals surface area contributed by atoms with Crippen molar-refractivity contribution in [1.29, 1.82) is 5.26 Å². The third kappa shape index (κ3) is 4.23. The number of hydrogen-bond donors (Lipinski definition) is 0. The maximum Gasteiger partial charge on any atom is 0.270 e. The summed E-state index contributed by atoms with van der Waals surface area (Å²) in [6.07, 6.45) is 1.78. The van der Waals surface area contributed by atoms with Gasteiger partial charge in [-0.05, 0) is 18.6 Å². The molecule has 2 fully saturated rings. The second kappa shape index (κ2) is 9.34. The van der Waals surface area contributed by atoms with Gasteiger partial charge in [-0.25, -0.2) is 0 Å². The minimum absolute atomic E-state index is 0.101. The number of methoxy groups -OCH3 is 1. The highest BCUT2D eigenvalue weighted by atomic mass is 32.2. The molecule has 0 saturated carbocycles. The van der Waals surface area contributed by atoms with Crippen molar-refractivity contribution in [3.8, 4) is 6.07 Å². The van der Waals surface area contributed by atoms with Gasteiger partial charge >= 0.3 is 0 Å². The molecule has 154 valence electrons. The smallest absolute Gasteiger partial charge is 0.270 e. The molecule has 1 aromatic heterocycles. The van der Waals surface area contributed by atoms with E-state index in [2.05, 4.69) is 4.90 Å². The minimum Gasteiger partial charge on any atom is -0.383 e. The van der Waals surface area contributed by atoms with E-state index in [1.807, 2.05) is 17.8 Å². The number of pyridine rings is 1. The number of thioether (sulfide) groups is 2. The summed E-state index contributed by atoms with van der Waals surface area (Å²) < 4.78 is 7.08. The maximum atomic E-state index is 12.9. The Morgan fingerprint density at radius 1 is 1.31 bits per heavy atom. The zero-order valence-electron chi connectivity index (χ0n) is 16.6. The Morgan fingerprint density at radius 2 is 2.00 bits per heavy atom. The van der Waals surface area contributed by atoms with E-state index in [0.717, 1.165) is 36.0 Å².